The van der Waals surface area contributed by atoms with E-state index in [1.54, 1.807) is 17.0 Å². The normalized spacial score (nSPS) is 20.8. The standard InChI is InChI=1S/C17H22FN3O4/c1-2-13-10-21(17(24)25-13)12-3-4-15(14(18)9-12)19-5-7-20(8-6-19)16(23)11-22/h3-4,9,13,22H,2,5-8,10-11H2,1H3. The number of aliphatic hydroxyl groups excluding tert-OH is 1. The van der Waals surface area contributed by atoms with Crippen LogP contribution in [0.4, 0.5) is 20.6 Å². The summed E-state index contributed by atoms with van der Waals surface area (Å²) in [5.41, 5.74) is 0.927. The second-order valence-electron chi connectivity index (χ2n) is 6.19. The van der Waals surface area contributed by atoms with Gasteiger partial charge < -0.3 is 19.6 Å². The van der Waals surface area contributed by atoms with Gasteiger partial charge in [0.15, 0.2) is 0 Å². The van der Waals surface area contributed by atoms with E-state index in [4.69, 9.17) is 9.84 Å². The maximum absolute atomic E-state index is 14.6. The predicted molar refractivity (Wildman–Crippen MR) is 90.2 cm³/mol. The molecular formula is C17H22FN3O4. The van der Waals surface area contributed by atoms with Crippen LogP contribution in [0.2, 0.25) is 0 Å². The summed E-state index contributed by atoms with van der Waals surface area (Å²) in [4.78, 5) is 28.2. The molecule has 2 amide bonds. The molecule has 0 aromatic heterocycles. The van der Waals surface area contributed by atoms with E-state index in [-0.39, 0.29) is 12.0 Å². The quantitative estimate of drug-likeness (QED) is 0.882. The number of benzene rings is 1. The molecule has 1 aromatic carbocycles. The zero-order valence-electron chi connectivity index (χ0n) is 14.2. The summed E-state index contributed by atoms with van der Waals surface area (Å²) in [5.74, 6) is -0.722. The largest absolute Gasteiger partial charge is 0.444 e. The molecule has 136 valence electrons. The van der Waals surface area contributed by atoms with Crippen molar-refractivity contribution in [3.05, 3.63) is 24.0 Å². The van der Waals surface area contributed by atoms with Gasteiger partial charge in [-0.2, -0.15) is 0 Å². The maximum Gasteiger partial charge on any atom is 0.414 e. The van der Waals surface area contributed by atoms with Gasteiger partial charge in [-0.25, -0.2) is 9.18 Å². The number of piperazine rings is 1. The molecule has 1 N–H and O–H groups in total. The second-order valence-corrected chi connectivity index (χ2v) is 6.19. The van der Waals surface area contributed by atoms with Crippen LogP contribution in [0.15, 0.2) is 18.2 Å². The van der Waals surface area contributed by atoms with Gasteiger partial charge in [0.2, 0.25) is 5.91 Å². The lowest BCUT2D eigenvalue weighted by molar-refractivity contribution is -0.134. The zero-order chi connectivity index (χ0) is 18.0. The molecule has 1 aromatic rings. The summed E-state index contributed by atoms with van der Waals surface area (Å²) in [7, 11) is 0. The van der Waals surface area contributed by atoms with Crippen LogP contribution in [-0.2, 0) is 9.53 Å². The number of carbonyl (C=O) groups is 2. The number of hydrogen-bond donors (Lipinski definition) is 1. The van der Waals surface area contributed by atoms with E-state index >= 15 is 0 Å². The summed E-state index contributed by atoms with van der Waals surface area (Å²) in [6, 6.07) is 4.71. The van der Waals surface area contributed by atoms with Crippen molar-refractivity contribution in [2.75, 3.05) is 49.1 Å². The van der Waals surface area contributed by atoms with E-state index in [1.807, 2.05) is 11.8 Å². The van der Waals surface area contributed by atoms with Gasteiger partial charge in [-0.1, -0.05) is 6.92 Å². The fourth-order valence-corrected chi connectivity index (χ4v) is 3.16. The van der Waals surface area contributed by atoms with E-state index in [9.17, 15) is 14.0 Å². The maximum atomic E-state index is 14.6. The highest BCUT2D eigenvalue weighted by Crippen LogP contribution is 2.29. The van der Waals surface area contributed by atoms with E-state index in [0.29, 0.717) is 44.1 Å². The molecule has 7 nitrogen and oxygen atoms in total. The average Bonchev–Trinajstić information content (AvgIpc) is 3.02. The number of nitrogens with zero attached hydrogens (tertiary/aromatic N) is 3. The van der Waals surface area contributed by atoms with Crippen molar-refractivity contribution in [3.8, 4) is 0 Å². The number of aliphatic hydroxyl groups is 1. The van der Waals surface area contributed by atoms with E-state index in [1.165, 1.54) is 11.0 Å². The molecule has 8 heteroatoms. The first-order valence-electron chi connectivity index (χ1n) is 8.44. The number of cyclic esters (lactones) is 1. The Bertz CT molecular complexity index is 661. The van der Waals surface area contributed by atoms with Crippen LogP contribution in [-0.4, -0.2) is 67.4 Å². The first-order chi connectivity index (χ1) is 12.0. The molecule has 2 heterocycles. The Hall–Kier alpha value is -2.35. The molecule has 0 saturated carbocycles. The lowest BCUT2D eigenvalue weighted by atomic mass is 10.2. The van der Waals surface area contributed by atoms with Crippen molar-refractivity contribution in [2.24, 2.45) is 0 Å². The topological polar surface area (TPSA) is 73.3 Å². The molecule has 0 radical (unpaired) electrons. The van der Waals surface area contributed by atoms with Crippen LogP contribution < -0.4 is 9.80 Å². The number of hydrogen-bond acceptors (Lipinski definition) is 5. The number of amides is 2. The fourth-order valence-electron chi connectivity index (χ4n) is 3.16. The summed E-state index contributed by atoms with van der Waals surface area (Å²) >= 11 is 0. The Morgan fingerprint density at radius 1 is 1.32 bits per heavy atom. The van der Waals surface area contributed by atoms with Gasteiger partial charge in [0.1, 0.15) is 18.5 Å². The van der Waals surface area contributed by atoms with Gasteiger partial charge >= 0.3 is 6.09 Å². The first-order valence-corrected chi connectivity index (χ1v) is 8.44. The van der Waals surface area contributed by atoms with Gasteiger partial charge in [-0.05, 0) is 24.6 Å². The van der Waals surface area contributed by atoms with Crippen LogP contribution in [0.1, 0.15) is 13.3 Å². The van der Waals surface area contributed by atoms with Crippen molar-refractivity contribution < 1.29 is 23.8 Å². The summed E-state index contributed by atoms with van der Waals surface area (Å²) in [6.07, 6.45) is 0.113. The number of anilines is 2. The minimum Gasteiger partial charge on any atom is -0.444 e. The molecule has 2 aliphatic heterocycles. The van der Waals surface area contributed by atoms with Crippen molar-refractivity contribution in [1.82, 2.24) is 4.90 Å². The van der Waals surface area contributed by atoms with Crippen LogP contribution in [0.25, 0.3) is 0 Å². The molecule has 2 saturated heterocycles. The van der Waals surface area contributed by atoms with E-state index in [0.717, 1.165) is 6.42 Å². The Kier molecular flexibility index (Phi) is 5.08. The summed E-state index contributed by atoms with van der Waals surface area (Å²) < 4.78 is 19.8. The third-order valence-electron chi connectivity index (χ3n) is 4.68. The lowest BCUT2D eigenvalue weighted by Crippen LogP contribution is -2.49. The minimum absolute atomic E-state index is 0.160. The highest BCUT2D eigenvalue weighted by Gasteiger charge is 2.32. The number of halogens is 1. The molecule has 3 rings (SSSR count). The Labute approximate surface area is 145 Å². The van der Waals surface area contributed by atoms with Gasteiger partial charge in [-0.3, -0.25) is 9.69 Å². The lowest BCUT2D eigenvalue weighted by Gasteiger charge is -2.36. The Balaban J connectivity index is 1.69. The van der Waals surface area contributed by atoms with Crippen molar-refractivity contribution >= 4 is 23.4 Å². The Morgan fingerprint density at radius 2 is 2.04 bits per heavy atom. The number of carbonyl (C=O) groups excluding carboxylic acids is 2. The highest BCUT2D eigenvalue weighted by molar-refractivity contribution is 5.90. The van der Waals surface area contributed by atoms with Gasteiger partial charge in [-0.15, -0.1) is 0 Å². The average molecular weight is 351 g/mol. The van der Waals surface area contributed by atoms with Gasteiger partial charge in [0.05, 0.1) is 17.9 Å². The summed E-state index contributed by atoms with van der Waals surface area (Å²) in [5, 5.41) is 8.90. The molecule has 0 aliphatic carbocycles. The molecule has 0 spiro atoms. The van der Waals surface area contributed by atoms with Crippen LogP contribution in [0, 0.1) is 5.82 Å². The van der Waals surface area contributed by atoms with E-state index in [2.05, 4.69) is 0 Å². The minimum atomic E-state index is -0.506. The van der Waals surface area contributed by atoms with Gasteiger partial charge in [0.25, 0.3) is 0 Å². The van der Waals surface area contributed by atoms with Gasteiger partial charge in [0, 0.05) is 26.2 Å². The number of rotatable bonds is 4. The van der Waals surface area contributed by atoms with Crippen molar-refractivity contribution in [2.45, 2.75) is 19.4 Å². The van der Waals surface area contributed by atoms with Crippen molar-refractivity contribution in [1.29, 1.82) is 0 Å². The molecule has 0 bridgehead atoms. The molecular weight excluding hydrogens is 329 g/mol. The third kappa shape index (κ3) is 3.53. The monoisotopic (exact) mass is 351 g/mol. The summed E-state index contributed by atoms with van der Waals surface area (Å²) in [6.45, 7) is 3.72. The predicted octanol–water partition coefficient (Wildman–Crippen LogP) is 1.20. The number of ether oxygens (including phenoxy) is 1. The SMILES string of the molecule is CCC1CN(c2ccc(N3CCN(C(=O)CO)CC3)c(F)c2)C(=O)O1. The van der Waals surface area contributed by atoms with Crippen LogP contribution >= 0.6 is 0 Å². The molecule has 1 atom stereocenters. The third-order valence-corrected chi connectivity index (χ3v) is 4.68. The van der Waals surface area contributed by atoms with Crippen LogP contribution in [0.3, 0.4) is 0 Å². The highest BCUT2D eigenvalue weighted by atomic mass is 19.1. The molecule has 2 aliphatic rings. The smallest absolute Gasteiger partial charge is 0.414 e. The second kappa shape index (κ2) is 7.26. The first kappa shape index (κ1) is 17.5. The fraction of sp³-hybridized carbons (Fsp3) is 0.529. The van der Waals surface area contributed by atoms with Crippen LogP contribution in [0.5, 0.6) is 0 Å². The van der Waals surface area contributed by atoms with Crippen molar-refractivity contribution in [3.63, 3.8) is 0 Å². The van der Waals surface area contributed by atoms with E-state index < -0.39 is 18.5 Å². The molecule has 1 unspecified atom stereocenters. The Morgan fingerprint density at radius 3 is 2.60 bits per heavy atom. The zero-order valence-corrected chi connectivity index (χ0v) is 14.2. The molecule has 2 fully saturated rings. The molecule has 25 heavy (non-hydrogen) atoms.